The lowest BCUT2D eigenvalue weighted by molar-refractivity contribution is -0.128. The van der Waals surface area contributed by atoms with E-state index in [0.29, 0.717) is 0 Å². The number of likely N-dealkylation sites (tertiary alicyclic amines) is 1. The minimum Gasteiger partial charge on any atom is -0.341 e. The van der Waals surface area contributed by atoms with Crippen LogP contribution in [0.3, 0.4) is 0 Å². The van der Waals surface area contributed by atoms with E-state index < -0.39 is 0 Å². The van der Waals surface area contributed by atoms with E-state index in [2.05, 4.69) is 25.7 Å². The molecule has 1 saturated heterocycles. The Bertz CT molecular complexity index is 805. The number of rotatable bonds is 3. The van der Waals surface area contributed by atoms with E-state index in [-0.39, 0.29) is 11.9 Å². The van der Waals surface area contributed by atoms with Gasteiger partial charge in [-0.05, 0) is 31.0 Å². The molecule has 1 atom stereocenters. The molecule has 3 heterocycles. The topological polar surface area (TPSA) is 54.3 Å². The number of carbonyl (C=O) groups is 1. The molecule has 4 rings (SSSR count). The van der Waals surface area contributed by atoms with Crippen molar-refractivity contribution in [2.75, 3.05) is 19.6 Å². The Morgan fingerprint density at radius 2 is 2.04 bits per heavy atom. The van der Waals surface area contributed by atoms with Gasteiger partial charge in [-0.15, -0.1) is 10.2 Å². The quantitative estimate of drug-likeness (QED) is 0.830. The zero-order chi connectivity index (χ0) is 18.1. The van der Waals surface area contributed by atoms with Crippen molar-refractivity contribution in [3.8, 4) is 0 Å². The highest BCUT2D eigenvalue weighted by molar-refractivity contribution is 6.31. The standard InChI is InChI=1S/C19H24ClN5O/c1-14(26)23-10-8-18-21-22-19(25(18)12-11-23)17-7-4-9-24(17)13-15-5-2-3-6-16(15)20/h2-3,5-6,17H,4,7-13H2,1H3/t17-/m1/s1. The summed E-state index contributed by atoms with van der Waals surface area (Å²) < 4.78 is 2.23. The summed E-state index contributed by atoms with van der Waals surface area (Å²) in [6, 6.07) is 8.29. The van der Waals surface area contributed by atoms with Crippen molar-refractivity contribution in [2.24, 2.45) is 0 Å². The molecule has 7 heteroatoms. The van der Waals surface area contributed by atoms with Gasteiger partial charge in [0.05, 0.1) is 6.04 Å². The highest BCUT2D eigenvalue weighted by Gasteiger charge is 2.32. The SMILES string of the molecule is CC(=O)N1CCc2nnc([C@H]3CCCN3Cc3ccccc3Cl)n2CC1. The molecule has 0 aliphatic carbocycles. The number of nitrogens with zero attached hydrogens (tertiary/aromatic N) is 5. The molecule has 6 nitrogen and oxygen atoms in total. The second-order valence-electron chi connectivity index (χ2n) is 7.10. The molecule has 1 fully saturated rings. The molecule has 2 aromatic rings. The van der Waals surface area contributed by atoms with Gasteiger partial charge in [0.25, 0.3) is 0 Å². The summed E-state index contributed by atoms with van der Waals surface area (Å²) in [5.74, 6) is 2.16. The molecule has 138 valence electrons. The summed E-state index contributed by atoms with van der Waals surface area (Å²) >= 11 is 6.36. The fourth-order valence-electron chi connectivity index (χ4n) is 4.06. The molecule has 2 aliphatic heterocycles. The molecule has 0 saturated carbocycles. The predicted molar refractivity (Wildman–Crippen MR) is 99.8 cm³/mol. The number of hydrogen-bond acceptors (Lipinski definition) is 4. The number of benzene rings is 1. The first-order chi connectivity index (χ1) is 12.6. The summed E-state index contributed by atoms with van der Waals surface area (Å²) in [4.78, 5) is 16.1. The van der Waals surface area contributed by atoms with E-state index in [4.69, 9.17) is 11.6 Å². The third-order valence-corrected chi connectivity index (χ3v) is 5.86. The van der Waals surface area contributed by atoms with Crippen LogP contribution in [0.5, 0.6) is 0 Å². The monoisotopic (exact) mass is 373 g/mol. The van der Waals surface area contributed by atoms with Gasteiger partial charge in [0.15, 0.2) is 0 Å². The number of amides is 1. The maximum Gasteiger partial charge on any atom is 0.219 e. The molecular weight excluding hydrogens is 350 g/mol. The first kappa shape index (κ1) is 17.5. The van der Waals surface area contributed by atoms with E-state index in [1.807, 2.05) is 23.1 Å². The molecular formula is C19H24ClN5O. The largest absolute Gasteiger partial charge is 0.341 e. The maximum absolute atomic E-state index is 11.7. The molecule has 2 aliphatic rings. The van der Waals surface area contributed by atoms with E-state index in [9.17, 15) is 4.79 Å². The Kier molecular flexibility index (Phi) is 4.96. The van der Waals surface area contributed by atoms with Crippen molar-refractivity contribution in [1.29, 1.82) is 0 Å². The average Bonchev–Trinajstić information content (AvgIpc) is 3.17. The third kappa shape index (κ3) is 3.35. The molecule has 1 amide bonds. The zero-order valence-corrected chi connectivity index (χ0v) is 15.8. The zero-order valence-electron chi connectivity index (χ0n) is 15.1. The maximum atomic E-state index is 11.7. The lowest BCUT2D eigenvalue weighted by Crippen LogP contribution is -2.32. The summed E-state index contributed by atoms with van der Waals surface area (Å²) in [5.41, 5.74) is 1.15. The molecule has 1 aromatic carbocycles. The van der Waals surface area contributed by atoms with Crippen LogP contribution in [0.15, 0.2) is 24.3 Å². The normalized spacial score (nSPS) is 20.8. The number of fused-ring (bicyclic) bond motifs is 1. The van der Waals surface area contributed by atoms with Crippen LogP contribution >= 0.6 is 11.6 Å². The second kappa shape index (κ2) is 7.37. The van der Waals surface area contributed by atoms with Crippen molar-refractivity contribution in [3.05, 3.63) is 46.5 Å². The highest BCUT2D eigenvalue weighted by Crippen LogP contribution is 2.34. The summed E-state index contributed by atoms with van der Waals surface area (Å²) in [7, 11) is 0. The van der Waals surface area contributed by atoms with Crippen LogP contribution in [0.1, 0.15) is 43.0 Å². The second-order valence-corrected chi connectivity index (χ2v) is 7.51. The van der Waals surface area contributed by atoms with Gasteiger partial charge in [-0.3, -0.25) is 9.69 Å². The Morgan fingerprint density at radius 1 is 1.19 bits per heavy atom. The molecule has 0 spiro atoms. The Balaban J connectivity index is 1.55. The van der Waals surface area contributed by atoms with Gasteiger partial charge in [-0.1, -0.05) is 29.8 Å². The molecule has 0 radical (unpaired) electrons. The van der Waals surface area contributed by atoms with Crippen LogP contribution in [-0.2, 0) is 24.3 Å². The third-order valence-electron chi connectivity index (χ3n) is 5.49. The van der Waals surface area contributed by atoms with Crippen LogP contribution in [0.2, 0.25) is 5.02 Å². The van der Waals surface area contributed by atoms with Gasteiger partial charge in [-0.25, -0.2) is 0 Å². The summed E-state index contributed by atoms with van der Waals surface area (Å²) in [6.07, 6.45) is 3.00. The minimum atomic E-state index is 0.131. The fraction of sp³-hybridized carbons (Fsp3) is 0.526. The van der Waals surface area contributed by atoms with Crippen molar-refractivity contribution in [2.45, 2.75) is 45.3 Å². The first-order valence-corrected chi connectivity index (χ1v) is 9.66. The molecule has 0 N–H and O–H groups in total. The average molecular weight is 374 g/mol. The van der Waals surface area contributed by atoms with Crippen LogP contribution in [-0.4, -0.2) is 50.1 Å². The first-order valence-electron chi connectivity index (χ1n) is 9.28. The van der Waals surface area contributed by atoms with Gasteiger partial charge in [0.1, 0.15) is 11.6 Å². The summed E-state index contributed by atoms with van der Waals surface area (Å²) in [5, 5.41) is 9.79. The lowest BCUT2D eigenvalue weighted by Gasteiger charge is -2.25. The minimum absolute atomic E-state index is 0.131. The smallest absolute Gasteiger partial charge is 0.219 e. The Morgan fingerprint density at radius 3 is 2.85 bits per heavy atom. The number of aromatic nitrogens is 3. The van der Waals surface area contributed by atoms with Crippen molar-refractivity contribution in [1.82, 2.24) is 24.6 Å². The Hall–Kier alpha value is -1.92. The van der Waals surface area contributed by atoms with Gasteiger partial charge in [0.2, 0.25) is 5.91 Å². The van der Waals surface area contributed by atoms with Gasteiger partial charge in [0, 0.05) is 44.5 Å². The van der Waals surface area contributed by atoms with E-state index >= 15 is 0 Å². The highest BCUT2D eigenvalue weighted by atomic mass is 35.5. The number of halogens is 1. The number of hydrogen-bond donors (Lipinski definition) is 0. The van der Waals surface area contributed by atoms with E-state index in [1.54, 1.807) is 6.92 Å². The van der Waals surface area contributed by atoms with Crippen LogP contribution in [0.4, 0.5) is 0 Å². The van der Waals surface area contributed by atoms with Crippen LogP contribution in [0, 0.1) is 0 Å². The van der Waals surface area contributed by atoms with E-state index in [0.717, 1.165) is 74.2 Å². The fourth-order valence-corrected chi connectivity index (χ4v) is 4.26. The summed E-state index contributed by atoms with van der Waals surface area (Å²) in [6.45, 7) is 5.72. The van der Waals surface area contributed by atoms with Gasteiger partial charge >= 0.3 is 0 Å². The molecule has 0 unspecified atom stereocenters. The van der Waals surface area contributed by atoms with Crippen molar-refractivity contribution in [3.63, 3.8) is 0 Å². The van der Waals surface area contributed by atoms with Crippen molar-refractivity contribution < 1.29 is 4.79 Å². The van der Waals surface area contributed by atoms with Crippen LogP contribution < -0.4 is 0 Å². The lowest BCUT2D eigenvalue weighted by atomic mass is 10.1. The van der Waals surface area contributed by atoms with Crippen molar-refractivity contribution >= 4 is 17.5 Å². The Labute approximate surface area is 158 Å². The van der Waals surface area contributed by atoms with E-state index in [1.165, 1.54) is 0 Å². The van der Waals surface area contributed by atoms with Gasteiger partial charge < -0.3 is 9.47 Å². The molecule has 26 heavy (non-hydrogen) atoms. The number of carbonyl (C=O) groups excluding carboxylic acids is 1. The molecule has 0 bridgehead atoms. The van der Waals surface area contributed by atoms with Gasteiger partial charge in [-0.2, -0.15) is 0 Å². The predicted octanol–water partition coefficient (Wildman–Crippen LogP) is 2.67. The molecule has 1 aromatic heterocycles. The van der Waals surface area contributed by atoms with Crippen LogP contribution in [0.25, 0.3) is 0 Å².